The molecule has 6 nitrogen and oxygen atoms in total. The number of H-pyrrole nitrogens is 1. The van der Waals surface area contributed by atoms with Crippen LogP contribution in [0.4, 0.5) is 0 Å². The molecule has 1 heterocycles. The molecule has 0 aliphatic carbocycles. The number of benzene rings is 3. The van der Waals surface area contributed by atoms with E-state index in [2.05, 4.69) is 31.0 Å². The minimum Gasteiger partial charge on any atom is -0.276 e. The number of hydrazine groups is 1. The number of fused-ring (bicyclic) bond motifs is 2. The lowest BCUT2D eigenvalue weighted by Gasteiger charge is -2.34. The lowest BCUT2D eigenvalue weighted by molar-refractivity contribution is 0.108. The quantitative estimate of drug-likeness (QED) is 0.355. The standard InChI is InChI=1S/C23H26N4O2S/c1-4-23(2,3)27(24)15-16-12-13-20-19(14-16)22(26-25-20)30(28,29)21-11-7-9-17-8-5-6-10-18(17)21/h5-14H,4,15,24H2,1-3H3,(H,25,26). The highest BCUT2D eigenvalue weighted by molar-refractivity contribution is 7.91. The fourth-order valence-electron chi connectivity index (χ4n) is 3.49. The van der Waals surface area contributed by atoms with Crippen molar-refractivity contribution >= 4 is 31.5 Å². The van der Waals surface area contributed by atoms with E-state index in [1.54, 1.807) is 17.1 Å². The molecule has 1 aromatic heterocycles. The smallest absolute Gasteiger partial charge is 0.226 e. The van der Waals surface area contributed by atoms with E-state index in [1.807, 2.05) is 48.5 Å². The van der Waals surface area contributed by atoms with Gasteiger partial charge in [-0.2, -0.15) is 5.10 Å². The summed E-state index contributed by atoms with van der Waals surface area (Å²) in [5.74, 6) is 6.28. The zero-order valence-corrected chi connectivity index (χ0v) is 18.2. The van der Waals surface area contributed by atoms with Gasteiger partial charge in [0.15, 0.2) is 5.03 Å². The fraction of sp³-hybridized carbons (Fsp3) is 0.261. The molecule has 0 amide bonds. The normalized spacial score (nSPS) is 12.8. The third kappa shape index (κ3) is 3.49. The molecular weight excluding hydrogens is 396 g/mol. The molecule has 3 N–H and O–H groups in total. The average molecular weight is 423 g/mol. The van der Waals surface area contributed by atoms with Crippen LogP contribution in [0.2, 0.25) is 0 Å². The molecule has 0 bridgehead atoms. The summed E-state index contributed by atoms with van der Waals surface area (Å²) < 4.78 is 27.1. The highest BCUT2D eigenvalue weighted by Crippen LogP contribution is 2.31. The van der Waals surface area contributed by atoms with Crippen molar-refractivity contribution in [2.24, 2.45) is 5.84 Å². The summed E-state index contributed by atoms with van der Waals surface area (Å²) in [6.07, 6.45) is 0.901. The zero-order valence-electron chi connectivity index (χ0n) is 17.4. The van der Waals surface area contributed by atoms with E-state index in [0.29, 0.717) is 22.8 Å². The Morgan fingerprint density at radius 1 is 1.03 bits per heavy atom. The molecule has 0 saturated heterocycles. The van der Waals surface area contributed by atoms with E-state index >= 15 is 0 Å². The van der Waals surface area contributed by atoms with Crippen molar-refractivity contribution in [1.29, 1.82) is 0 Å². The molecular formula is C23H26N4O2S. The van der Waals surface area contributed by atoms with Crippen LogP contribution in [-0.4, -0.2) is 29.2 Å². The van der Waals surface area contributed by atoms with Gasteiger partial charge in [0, 0.05) is 22.9 Å². The van der Waals surface area contributed by atoms with Crippen LogP contribution >= 0.6 is 0 Å². The van der Waals surface area contributed by atoms with Crippen molar-refractivity contribution in [3.63, 3.8) is 0 Å². The number of nitrogens with zero attached hydrogens (tertiary/aromatic N) is 2. The van der Waals surface area contributed by atoms with Crippen LogP contribution in [0.5, 0.6) is 0 Å². The molecule has 0 radical (unpaired) electrons. The van der Waals surface area contributed by atoms with Gasteiger partial charge in [-0.25, -0.2) is 13.4 Å². The highest BCUT2D eigenvalue weighted by atomic mass is 32.2. The third-order valence-electron chi connectivity index (χ3n) is 5.88. The van der Waals surface area contributed by atoms with Gasteiger partial charge in [0.2, 0.25) is 9.84 Å². The van der Waals surface area contributed by atoms with Gasteiger partial charge in [-0.1, -0.05) is 49.4 Å². The molecule has 0 unspecified atom stereocenters. The summed E-state index contributed by atoms with van der Waals surface area (Å²) in [5.41, 5.74) is 1.45. The van der Waals surface area contributed by atoms with Crippen molar-refractivity contribution in [2.75, 3.05) is 0 Å². The molecule has 7 heteroatoms. The Balaban J connectivity index is 1.81. The Morgan fingerprint density at radius 2 is 1.77 bits per heavy atom. The van der Waals surface area contributed by atoms with Crippen LogP contribution in [0.25, 0.3) is 21.7 Å². The average Bonchev–Trinajstić information content (AvgIpc) is 3.17. The van der Waals surface area contributed by atoms with Gasteiger partial charge in [0.1, 0.15) is 0 Å². The predicted molar refractivity (Wildman–Crippen MR) is 120 cm³/mol. The Morgan fingerprint density at radius 3 is 2.53 bits per heavy atom. The first-order valence-corrected chi connectivity index (χ1v) is 11.4. The molecule has 4 aromatic rings. The Hall–Kier alpha value is -2.74. The Labute approximate surface area is 176 Å². The number of rotatable bonds is 6. The van der Waals surface area contributed by atoms with Gasteiger partial charge in [-0.3, -0.25) is 10.9 Å². The van der Waals surface area contributed by atoms with Gasteiger partial charge >= 0.3 is 0 Å². The second-order valence-electron chi connectivity index (χ2n) is 8.18. The number of hydrogen-bond acceptors (Lipinski definition) is 5. The van der Waals surface area contributed by atoms with Crippen molar-refractivity contribution in [3.05, 3.63) is 66.2 Å². The lowest BCUT2D eigenvalue weighted by atomic mass is 10.0. The van der Waals surface area contributed by atoms with Gasteiger partial charge < -0.3 is 0 Å². The lowest BCUT2D eigenvalue weighted by Crippen LogP contribution is -2.47. The number of hydrogen-bond donors (Lipinski definition) is 2. The molecule has 0 aliphatic heterocycles. The zero-order chi connectivity index (χ0) is 21.5. The molecule has 0 spiro atoms. The van der Waals surface area contributed by atoms with Crippen LogP contribution in [0, 0.1) is 0 Å². The van der Waals surface area contributed by atoms with Gasteiger partial charge in [-0.05, 0) is 49.4 Å². The third-order valence-corrected chi connectivity index (χ3v) is 7.64. The predicted octanol–water partition coefficient (Wildman–Crippen LogP) is 4.41. The number of sulfone groups is 1. The van der Waals surface area contributed by atoms with Crippen LogP contribution in [0.3, 0.4) is 0 Å². The molecule has 0 fully saturated rings. The summed E-state index contributed by atoms with van der Waals surface area (Å²) in [6.45, 7) is 6.77. The summed E-state index contributed by atoms with van der Waals surface area (Å²) in [7, 11) is -3.81. The molecule has 156 valence electrons. The molecule has 3 aromatic carbocycles. The van der Waals surface area contributed by atoms with Gasteiger partial charge in [0.25, 0.3) is 0 Å². The van der Waals surface area contributed by atoms with Crippen LogP contribution in [0.15, 0.2) is 70.6 Å². The first-order chi connectivity index (χ1) is 14.2. The molecule has 30 heavy (non-hydrogen) atoms. The van der Waals surface area contributed by atoms with E-state index in [4.69, 9.17) is 5.84 Å². The molecule has 0 atom stereocenters. The Bertz CT molecular complexity index is 1320. The maximum atomic E-state index is 13.5. The highest BCUT2D eigenvalue weighted by Gasteiger charge is 2.26. The fourth-order valence-corrected chi connectivity index (χ4v) is 5.05. The van der Waals surface area contributed by atoms with Crippen LogP contribution < -0.4 is 5.84 Å². The summed E-state index contributed by atoms with van der Waals surface area (Å²) in [4.78, 5) is 0.256. The van der Waals surface area contributed by atoms with E-state index in [1.165, 1.54) is 0 Å². The molecule has 0 aliphatic rings. The molecule has 0 saturated carbocycles. The summed E-state index contributed by atoms with van der Waals surface area (Å²) in [6, 6.07) is 18.4. The summed E-state index contributed by atoms with van der Waals surface area (Å²) in [5, 5.41) is 11.0. The maximum Gasteiger partial charge on any atom is 0.226 e. The summed E-state index contributed by atoms with van der Waals surface area (Å²) >= 11 is 0. The second-order valence-corrected chi connectivity index (χ2v) is 10.0. The SMILES string of the molecule is CCC(C)(C)N(N)Cc1ccc2[nH]nc(S(=O)(=O)c3cccc4ccccc34)c2c1. The topological polar surface area (TPSA) is 92.1 Å². The van der Waals surface area contributed by atoms with Gasteiger partial charge in [0.05, 0.1) is 10.4 Å². The van der Waals surface area contributed by atoms with E-state index in [0.717, 1.165) is 17.4 Å². The first kappa shape index (κ1) is 20.5. The van der Waals surface area contributed by atoms with Crippen molar-refractivity contribution in [1.82, 2.24) is 15.2 Å². The van der Waals surface area contributed by atoms with Crippen molar-refractivity contribution in [3.8, 4) is 0 Å². The largest absolute Gasteiger partial charge is 0.276 e. The number of nitrogens with two attached hydrogens (primary N) is 1. The van der Waals surface area contributed by atoms with E-state index in [9.17, 15) is 8.42 Å². The van der Waals surface area contributed by atoms with E-state index < -0.39 is 9.84 Å². The monoisotopic (exact) mass is 422 g/mol. The Kier molecular flexibility index (Phi) is 5.13. The van der Waals surface area contributed by atoms with Crippen LogP contribution in [0.1, 0.15) is 32.8 Å². The maximum absolute atomic E-state index is 13.5. The van der Waals surface area contributed by atoms with Gasteiger partial charge in [-0.15, -0.1) is 0 Å². The minimum atomic E-state index is -3.81. The van der Waals surface area contributed by atoms with E-state index in [-0.39, 0.29) is 15.5 Å². The first-order valence-electron chi connectivity index (χ1n) is 9.96. The van der Waals surface area contributed by atoms with Crippen molar-refractivity contribution < 1.29 is 8.42 Å². The number of aromatic amines is 1. The molecule has 4 rings (SSSR count). The van der Waals surface area contributed by atoms with Crippen LogP contribution in [-0.2, 0) is 16.4 Å². The van der Waals surface area contributed by atoms with Crippen molar-refractivity contribution in [2.45, 2.75) is 49.2 Å². The number of nitrogens with one attached hydrogen (secondary N) is 1. The minimum absolute atomic E-state index is 0.0361. The second kappa shape index (κ2) is 7.50. The number of aromatic nitrogens is 2.